The van der Waals surface area contributed by atoms with Gasteiger partial charge in [-0.05, 0) is 30.3 Å². The minimum absolute atomic E-state index is 0.0988. The highest BCUT2D eigenvalue weighted by Gasteiger charge is 2.07. The fourth-order valence-corrected chi connectivity index (χ4v) is 1.99. The quantitative estimate of drug-likeness (QED) is 0.776. The number of nitrogens with one attached hydrogen (secondary N) is 2. The average molecular weight is 304 g/mol. The highest BCUT2D eigenvalue weighted by molar-refractivity contribution is 5.77. The van der Waals surface area contributed by atoms with Crippen molar-refractivity contribution in [1.82, 2.24) is 10.6 Å². The third-order valence-electron chi connectivity index (χ3n) is 3.13. The molecule has 0 fully saturated rings. The number of hydrogen-bond acceptors (Lipinski definition) is 5. The number of carbonyl (C=O) groups excluding carboxylic acids is 1. The van der Waals surface area contributed by atoms with Crippen molar-refractivity contribution in [3.8, 4) is 11.5 Å². The summed E-state index contributed by atoms with van der Waals surface area (Å²) in [5.41, 5.74) is 0.931. The first kappa shape index (κ1) is 15.9. The smallest absolute Gasteiger partial charge is 0.234 e. The molecule has 0 unspecified atom stereocenters. The van der Waals surface area contributed by atoms with Gasteiger partial charge in [-0.1, -0.05) is 0 Å². The van der Waals surface area contributed by atoms with Crippen LogP contribution >= 0.6 is 0 Å². The van der Waals surface area contributed by atoms with Crippen molar-refractivity contribution in [2.45, 2.75) is 13.1 Å². The molecule has 6 heteroatoms. The molecule has 1 aromatic heterocycles. The van der Waals surface area contributed by atoms with Crippen LogP contribution in [0.1, 0.15) is 11.3 Å². The predicted molar refractivity (Wildman–Crippen MR) is 81.8 cm³/mol. The zero-order valence-corrected chi connectivity index (χ0v) is 12.7. The Balaban J connectivity index is 1.79. The van der Waals surface area contributed by atoms with Crippen LogP contribution in [0, 0.1) is 0 Å². The number of methoxy groups -OCH3 is 2. The standard InChI is InChI=1S/C16H20N2O4/c1-20-13-5-6-15(21-2)12(8-13)9-17-11-16(19)18-10-14-4-3-7-22-14/h3-8,17H,9-11H2,1-2H3,(H,18,19). The molecule has 1 amide bonds. The summed E-state index contributed by atoms with van der Waals surface area (Å²) in [6, 6.07) is 9.15. The first-order chi connectivity index (χ1) is 10.7. The summed E-state index contributed by atoms with van der Waals surface area (Å²) in [6.07, 6.45) is 1.58. The van der Waals surface area contributed by atoms with Gasteiger partial charge in [0.05, 0.1) is 33.6 Å². The molecule has 2 N–H and O–H groups in total. The Kier molecular flexibility index (Phi) is 5.85. The Morgan fingerprint density at radius 3 is 2.73 bits per heavy atom. The van der Waals surface area contributed by atoms with Crippen LogP contribution in [-0.2, 0) is 17.9 Å². The molecule has 118 valence electrons. The molecule has 0 spiro atoms. The maximum Gasteiger partial charge on any atom is 0.234 e. The molecule has 0 aliphatic rings. The summed E-state index contributed by atoms with van der Waals surface area (Å²) in [6.45, 7) is 1.10. The van der Waals surface area contributed by atoms with E-state index in [1.807, 2.05) is 24.3 Å². The van der Waals surface area contributed by atoms with Gasteiger partial charge in [0.2, 0.25) is 5.91 Å². The summed E-state index contributed by atoms with van der Waals surface area (Å²) in [7, 11) is 3.22. The van der Waals surface area contributed by atoms with Gasteiger partial charge in [-0.25, -0.2) is 0 Å². The number of amides is 1. The average Bonchev–Trinajstić information content (AvgIpc) is 3.06. The molecule has 0 saturated heterocycles. The van der Waals surface area contributed by atoms with Crippen molar-refractivity contribution in [2.75, 3.05) is 20.8 Å². The molecule has 0 atom stereocenters. The third-order valence-corrected chi connectivity index (χ3v) is 3.13. The second-order valence-electron chi connectivity index (χ2n) is 4.64. The van der Waals surface area contributed by atoms with Gasteiger partial charge in [0.25, 0.3) is 0 Å². The van der Waals surface area contributed by atoms with Crippen LogP contribution in [0.4, 0.5) is 0 Å². The lowest BCUT2D eigenvalue weighted by Crippen LogP contribution is -2.33. The molecule has 2 aromatic rings. The van der Waals surface area contributed by atoms with E-state index in [0.29, 0.717) is 13.1 Å². The number of benzene rings is 1. The van der Waals surface area contributed by atoms with Gasteiger partial charge in [0, 0.05) is 12.1 Å². The SMILES string of the molecule is COc1ccc(OC)c(CNCC(=O)NCc2ccco2)c1. The first-order valence-electron chi connectivity index (χ1n) is 6.93. The predicted octanol–water partition coefficient (Wildman–Crippen LogP) is 1.70. The van der Waals surface area contributed by atoms with E-state index in [2.05, 4.69) is 10.6 Å². The van der Waals surface area contributed by atoms with Crippen LogP contribution in [0.3, 0.4) is 0 Å². The van der Waals surface area contributed by atoms with Crippen LogP contribution in [0.15, 0.2) is 41.0 Å². The molecule has 0 radical (unpaired) electrons. The summed E-state index contributed by atoms with van der Waals surface area (Å²) in [5, 5.41) is 5.85. The summed E-state index contributed by atoms with van der Waals surface area (Å²) < 4.78 is 15.6. The lowest BCUT2D eigenvalue weighted by molar-refractivity contribution is -0.120. The van der Waals surface area contributed by atoms with Crippen molar-refractivity contribution in [1.29, 1.82) is 0 Å². The zero-order valence-electron chi connectivity index (χ0n) is 12.7. The second-order valence-corrected chi connectivity index (χ2v) is 4.64. The maximum atomic E-state index is 11.7. The molecule has 1 heterocycles. The van der Waals surface area contributed by atoms with E-state index in [0.717, 1.165) is 22.8 Å². The molecule has 0 saturated carbocycles. The fourth-order valence-electron chi connectivity index (χ4n) is 1.99. The molecular weight excluding hydrogens is 284 g/mol. The van der Waals surface area contributed by atoms with Crippen LogP contribution in [0.5, 0.6) is 11.5 Å². The Hall–Kier alpha value is -2.47. The fraction of sp³-hybridized carbons (Fsp3) is 0.312. The van der Waals surface area contributed by atoms with E-state index in [1.54, 1.807) is 26.5 Å². The zero-order chi connectivity index (χ0) is 15.8. The molecule has 0 aliphatic carbocycles. The number of carbonyl (C=O) groups is 1. The largest absolute Gasteiger partial charge is 0.497 e. The highest BCUT2D eigenvalue weighted by atomic mass is 16.5. The monoisotopic (exact) mass is 304 g/mol. The van der Waals surface area contributed by atoms with Crippen molar-refractivity contribution < 1.29 is 18.7 Å². The van der Waals surface area contributed by atoms with E-state index < -0.39 is 0 Å². The third kappa shape index (κ3) is 4.53. The van der Waals surface area contributed by atoms with Gasteiger partial charge in [0.15, 0.2) is 0 Å². The van der Waals surface area contributed by atoms with Gasteiger partial charge >= 0.3 is 0 Å². The Bertz CT molecular complexity index is 596. The lowest BCUT2D eigenvalue weighted by Gasteiger charge is -2.11. The second kappa shape index (κ2) is 8.09. The number of furan rings is 1. The number of ether oxygens (including phenoxy) is 2. The topological polar surface area (TPSA) is 72.7 Å². The van der Waals surface area contributed by atoms with Crippen LogP contribution in [-0.4, -0.2) is 26.7 Å². The van der Waals surface area contributed by atoms with Crippen LogP contribution in [0.25, 0.3) is 0 Å². The summed E-state index contributed by atoms with van der Waals surface area (Å²) in [5.74, 6) is 2.13. The van der Waals surface area contributed by atoms with E-state index in [9.17, 15) is 4.79 Å². The van der Waals surface area contributed by atoms with Gasteiger partial charge in [-0.3, -0.25) is 4.79 Å². The van der Waals surface area contributed by atoms with E-state index in [1.165, 1.54) is 0 Å². The molecule has 6 nitrogen and oxygen atoms in total. The minimum atomic E-state index is -0.0988. The molecule has 1 aromatic carbocycles. The van der Waals surface area contributed by atoms with Crippen LogP contribution in [0.2, 0.25) is 0 Å². The van der Waals surface area contributed by atoms with E-state index in [-0.39, 0.29) is 12.5 Å². The van der Waals surface area contributed by atoms with Crippen LogP contribution < -0.4 is 20.1 Å². The van der Waals surface area contributed by atoms with Gasteiger partial charge in [0.1, 0.15) is 17.3 Å². The summed E-state index contributed by atoms with van der Waals surface area (Å²) in [4.78, 5) is 11.7. The van der Waals surface area contributed by atoms with E-state index >= 15 is 0 Å². The lowest BCUT2D eigenvalue weighted by atomic mass is 10.2. The van der Waals surface area contributed by atoms with Crippen molar-refractivity contribution >= 4 is 5.91 Å². The Morgan fingerprint density at radius 2 is 2.05 bits per heavy atom. The maximum absolute atomic E-state index is 11.7. The van der Waals surface area contributed by atoms with Crippen molar-refractivity contribution in [3.63, 3.8) is 0 Å². The minimum Gasteiger partial charge on any atom is -0.497 e. The van der Waals surface area contributed by atoms with Gasteiger partial charge in [-0.15, -0.1) is 0 Å². The normalized spacial score (nSPS) is 10.3. The first-order valence-corrected chi connectivity index (χ1v) is 6.93. The van der Waals surface area contributed by atoms with Gasteiger partial charge in [-0.2, -0.15) is 0 Å². The van der Waals surface area contributed by atoms with Gasteiger partial charge < -0.3 is 24.5 Å². The van der Waals surface area contributed by atoms with E-state index in [4.69, 9.17) is 13.9 Å². The molecule has 22 heavy (non-hydrogen) atoms. The molecule has 2 rings (SSSR count). The Labute approximate surface area is 129 Å². The highest BCUT2D eigenvalue weighted by Crippen LogP contribution is 2.23. The number of hydrogen-bond donors (Lipinski definition) is 2. The number of rotatable bonds is 8. The summed E-state index contributed by atoms with van der Waals surface area (Å²) >= 11 is 0. The molecule has 0 bridgehead atoms. The van der Waals surface area contributed by atoms with Crippen molar-refractivity contribution in [3.05, 3.63) is 47.9 Å². The van der Waals surface area contributed by atoms with Crippen molar-refractivity contribution in [2.24, 2.45) is 0 Å². The Morgan fingerprint density at radius 1 is 1.18 bits per heavy atom. The molecular formula is C16H20N2O4. The molecule has 0 aliphatic heterocycles.